The largest absolute Gasteiger partial charge is 0.481 e. The highest BCUT2D eigenvalue weighted by Crippen LogP contribution is 2.25. The predicted octanol–water partition coefficient (Wildman–Crippen LogP) is 7.29. The van der Waals surface area contributed by atoms with Gasteiger partial charge in [0.25, 0.3) is 5.91 Å². The van der Waals surface area contributed by atoms with Gasteiger partial charge in [-0.05, 0) is 74.4 Å². The summed E-state index contributed by atoms with van der Waals surface area (Å²) in [4.78, 5) is 28.9. The number of amidine groups is 1. The second-order valence-corrected chi connectivity index (χ2v) is 8.83. The smallest absolute Gasteiger partial charge is 0.259 e. The molecular formula is C34H49N7O2. The maximum absolute atomic E-state index is 13.7. The van der Waals surface area contributed by atoms with Crippen molar-refractivity contribution in [3.8, 4) is 0 Å². The van der Waals surface area contributed by atoms with Crippen LogP contribution in [0.5, 0.6) is 0 Å². The number of rotatable bonds is 12. The summed E-state index contributed by atoms with van der Waals surface area (Å²) in [5.41, 5.74) is 10.3. The summed E-state index contributed by atoms with van der Waals surface area (Å²) in [5.74, 6) is 1.03. The molecule has 9 nitrogen and oxygen atoms in total. The van der Waals surface area contributed by atoms with Gasteiger partial charge in [-0.2, -0.15) is 0 Å². The van der Waals surface area contributed by atoms with Gasteiger partial charge in [0.05, 0.1) is 18.8 Å². The van der Waals surface area contributed by atoms with E-state index in [1.54, 1.807) is 30.3 Å². The zero-order valence-corrected chi connectivity index (χ0v) is 27.1. The number of hydrogen-bond donors (Lipinski definition) is 3. The Hall–Kier alpha value is -4.53. The summed E-state index contributed by atoms with van der Waals surface area (Å²) >= 11 is 0. The first-order valence-electron chi connectivity index (χ1n) is 15.0. The molecule has 0 fully saturated rings. The maximum Gasteiger partial charge on any atom is 0.259 e. The molecule has 0 radical (unpaired) electrons. The zero-order valence-electron chi connectivity index (χ0n) is 27.1. The van der Waals surface area contributed by atoms with Gasteiger partial charge < -0.3 is 15.8 Å². The fraction of sp³-hybridized carbons (Fsp3) is 0.382. The maximum atomic E-state index is 13.7. The average Bonchev–Trinajstić information content (AvgIpc) is 3.05. The van der Waals surface area contributed by atoms with Crippen LogP contribution in [-0.2, 0) is 11.2 Å². The van der Waals surface area contributed by atoms with E-state index in [0.717, 1.165) is 29.1 Å². The lowest BCUT2D eigenvalue weighted by atomic mass is 10.1. The molecular weight excluding hydrogens is 538 g/mol. The molecule has 0 aliphatic rings. The SMILES string of the molecule is CC.CC.CCOC(CCN(C(=O)c1ccc(CC)c(N=C(C)CNc2ccc(C(=N)N)cc2)c1)c1ccccn1)=NC. The zero-order chi connectivity index (χ0) is 32.2. The lowest BCUT2D eigenvalue weighted by Crippen LogP contribution is -2.34. The number of carbonyl (C=O) groups excluding carboxylic acids is 1. The number of benzene rings is 2. The summed E-state index contributed by atoms with van der Waals surface area (Å²) < 4.78 is 5.58. The van der Waals surface area contributed by atoms with Crippen LogP contribution in [0.1, 0.15) is 76.4 Å². The van der Waals surface area contributed by atoms with E-state index in [2.05, 4.69) is 22.2 Å². The summed E-state index contributed by atoms with van der Waals surface area (Å²) in [6, 6.07) is 18.5. The third-order valence-electron chi connectivity index (χ3n) is 6.05. The van der Waals surface area contributed by atoms with Crippen LogP contribution in [0.15, 0.2) is 76.8 Å². The first-order valence-corrected chi connectivity index (χ1v) is 15.0. The molecule has 232 valence electrons. The van der Waals surface area contributed by atoms with Gasteiger partial charge in [0.15, 0.2) is 5.90 Å². The number of nitrogens with zero attached hydrogens (tertiary/aromatic N) is 4. The van der Waals surface area contributed by atoms with Crippen molar-refractivity contribution in [2.75, 3.05) is 37.0 Å². The van der Waals surface area contributed by atoms with Crippen molar-refractivity contribution in [3.63, 3.8) is 0 Å². The number of anilines is 2. The van der Waals surface area contributed by atoms with Gasteiger partial charge in [0, 0.05) is 48.7 Å². The van der Waals surface area contributed by atoms with Crippen LogP contribution in [-0.4, -0.2) is 55.1 Å². The predicted molar refractivity (Wildman–Crippen MR) is 183 cm³/mol. The lowest BCUT2D eigenvalue weighted by Gasteiger charge is -2.22. The van der Waals surface area contributed by atoms with E-state index in [9.17, 15) is 4.79 Å². The molecule has 0 unspecified atom stereocenters. The van der Waals surface area contributed by atoms with Crippen molar-refractivity contribution in [1.29, 1.82) is 5.41 Å². The van der Waals surface area contributed by atoms with Gasteiger partial charge in [0.2, 0.25) is 0 Å². The first kappa shape index (κ1) is 36.5. The van der Waals surface area contributed by atoms with E-state index < -0.39 is 0 Å². The van der Waals surface area contributed by atoms with Crippen molar-refractivity contribution in [2.24, 2.45) is 15.7 Å². The van der Waals surface area contributed by atoms with Crippen molar-refractivity contribution >= 4 is 40.5 Å². The van der Waals surface area contributed by atoms with Gasteiger partial charge in [-0.15, -0.1) is 0 Å². The van der Waals surface area contributed by atoms with Gasteiger partial charge in [-0.3, -0.25) is 25.1 Å². The molecule has 0 bridgehead atoms. The highest BCUT2D eigenvalue weighted by atomic mass is 16.5. The molecule has 1 amide bonds. The van der Waals surface area contributed by atoms with Gasteiger partial charge in [-0.25, -0.2) is 4.98 Å². The van der Waals surface area contributed by atoms with Crippen LogP contribution >= 0.6 is 0 Å². The number of nitrogen functional groups attached to an aromatic ring is 1. The summed E-state index contributed by atoms with van der Waals surface area (Å²) in [6.45, 7) is 15.3. The highest BCUT2D eigenvalue weighted by molar-refractivity contribution is 6.06. The number of hydrogen-bond acceptors (Lipinski definition) is 7. The van der Waals surface area contributed by atoms with E-state index in [-0.39, 0.29) is 11.7 Å². The molecule has 0 saturated carbocycles. The minimum atomic E-state index is -0.166. The number of nitrogens with one attached hydrogen (secondary N) is 2. The third kappa shape index (κ3) is 11.7. The molecule has 9 heteroatoms. The Labute approximate surface area is 257 Å². The van der Waals surface area contributed by atoms with Gasteiger partial charge in [0.1, 0.15) is 11.7 Å². The number of aromatic nitrogens is 1. The van der Waals surface area contributed by atoms with Crippen molar-refractivity contribution in [3.05, 3.63) is 83.6 Å². The van der Waals surface area contributed by atoms with Gasteiger partial charge in [-0.1, -0.05) is 46.8 Å². The van der Waals surface area contributed by atoms with E-state index in [1.807, 2.05) is 90.1 Å². The second kappa shape index (κ2) is 20.4. The van der Waals surface area contributed by atoms with Crippen LogP contribution in [0.25, 0.3) is 0 Å². The number of amides is 1. The van der Waals surface area contributed by atoms with Crippen LogP contribution in [0.3, 0.4) is 0 Å². The normalized spacial score (nSPS) is 10.9. The number of aryl methyl sites for hydroxylation is 1. The Morgan fingerprint density at radius 3 is 2.26 bits per heavy atom. The average molecular weight is 588 g/mol. The monoisotopic (exact) mass is 587 g/mol. The molecule has 43 heavy (non-hydrogen) atoms. The molecule has 3 rings (SSSR count). The molecule has 0 atom stereocenters. The molecule has 1 aromatic heterocycles. The number of carbonyl (C=O) groups is 1. The van der Waals surface area contributed by atoms with E-state index in [4.69, 9.17) is 20.9 Å². The van der Waals surface area contributed by atoms with Crippen LogP contribution < -0.4 is 16.0 Å². The quantitative estimate of drug-likeness (QED) is 0.151. The van der Waals surface area contributed by atoms with E-state index in [1.165, 1.54) is 0 Å². The summed E-state index contributed by atoms with van der Waals surface area (Å²) in [6.07, 6.45) is 2.94. The molecule has 1 heterocycles. The van der Waals surface area contributed by atoms with Crippen molar-refractivity contribution in [1.82, 2.24) is 4.98 Å². The van der Waals surface area contributed by atoms with Gasteiger partial charge >= 0.3 is 0 Å². The summed E-state index contributed by atoms with van der Waals surface area (Å²) in [7, 11) is 1.68. The number of ether oxygens (including phenoxy) is 1. The van der Waals surface area contributed by atoms with Crippen molar-refractivity contribution in [2.45, 2.75) is 61.3 Å². The molecule has 0 saturated heterocycles. The fourth-order valence-corrected chi connectivity index (χ4v) is 3.95. The topological polar surface area (TPSA) is 129 Å². The van der Waals surface area contributed by atoms with Crippen molar-refractivity contribution < 1.29 is 9.53 Å². The van der Waals surface area contributed by atoms with E-state index >= 15 is 0 Å². The molecule has 0 aliphatic heterocycles. The molecule has 0 spiro atoms. The summed E-state index contributed by atoms with van der Waals surface area (Å²) in [5, 5.41) is 10.9. The number of pyridine rings is 1. The van der Waals surface area contributed by atoms with Crippen LogP contribution in [0.2, 0.25) is 0 Å². The number of aliphatic imine (C=N–C) groups is 2. The Morgan fingerprint density at radius 2 is 1.70 bits per heavy atom. The Bertz CT molecular complexity index is 1320. The minimum absolute atomic E-state index is 0.0376. The first-order chi connectivity index (χ1) is 20.9. The Balaban J connectivity index is 0.00000221. The van der Waals surface area contributed by atoms with Crippen LogP contribution in [0, 0.1) is 5.41 Å². The molecule has 0 aliphatic carbocycles. The second-order valence-electron chi connectivity index (χ2n) is 8.83. The molecule has 2 aromatic carbocycles. The number of nitrogens with two attached hydrogens (primary N) is 1. The Kier molecular flexibility index (Phi) is 17.3. The molecule has 3 aromatic rings. The fourth-order valence-electron chi connectivity index (χ4n) is 3.95. The third-order valence-corrected chi connectivity index (χ3v) is 6.05. The standard InChI is InChI=1S/C30H37N7O2.2C2H6/c1-5-22-10-11-24(19-26(22)36-21(3)20-35-25-14-12-23(13-15-25)29(31)32)30(38)37(27-9-7-8-17-34-27)18-16-28(33-4)39-6-2;2*1-2/h7-15,17,19,35H,5-6,16,18,20H2,1-4H3,(H3,31,32);2*1-2H3. The van der Waals surface area contributed by atoms with Crippen LogP contribution in [0.4, 0.5) is 17.2 Å². The minimum Gasteiger partial charge on any atom is -0.481 e. The molecule has 4 N–H and O–H groups in total. The highest BCUT2D eigenvalue weighted by Gasteiger charge is 2.20. The lowest BCUT2D eigenvalue weighted by molar-refractivity contribution is 0.0986. The van der Waals surface area contributed by atoms with E-state index in [0.29, 0.717) is 49.0 Å². The Morgan fingerprint density at radius 1 is 1.02 bits per heavy atom.